The normalized spacial score (nSPS) is 15.4. The van der Waals surface area contributed by atoms with E-state index in [0.29, 0.717) is 0 Å². The van der Waals surface area contributed by atoms with Crippen molar-refractivity contribution in [3.63, 3.8) is 0 Å². The molecule has 2 heteroatoms. The SMILES string of the molecule is CC1(C2(C)c3ccc4ccccc4c3-c3c2cc(N(c2ccc4c(ccc5ccccc54)c2)c2ccc4c(ccc5ccccc54)c2)c2ccccc32)c2ccc3ccccc3c2-c2c1cc(N(c1ccc3c(ccc4ccccc43)c1)c1ccc3c(ccc4ccccc43)c1)c1ccccc21. The number of benzene rings is 20. The highest BCUT2D eigenvalue weighted by molar-refractivity contribution is 6.21. The van der Waals surface area contributed by atoms with Gasteiger partial charge in [-0.15, -0.1) is 0 Å². The first-order chi connectivity index (χ1) is 50.3. The second-order valence-electron chi connectivity index (χ2n) is 28.8. The Hall–Kier alpha value is -12.9. The van der Waals surface area contributed by atoms with Crippen LogP contribution in [0.15, 0.2) is 352 Å². The van der Waals surface area contributed by atoms with Gasteiger partial charge < -0.3 is 9.80 Å². The zero-order valence-electron chi connectivity index (χ0n) is 56.4. The Labute approximate surface area is 590 Å². The first kappa shape index (κ1) is 57.1. The van der Waals surface area contributed by atoms with Gasteiger partial charge in [0.05, 0.1) is 11.4 Å². The third-order valence-corrected chi connectivity index (χ3v) is 24.0. The predicted molar refractivity (Wildman–Crippen MR) is 436 cm³/mol. The molecule has 20 aromatic carbocycles. The first-order valence-electron chi connectivity index (χ1n) is 35.8. The Kier molecular flexibility index (Phi) is 11.9. The topological polar surface area (TPSA) is 6.48 Å². The lowest BCUT2D eigenvalue weighted by Gasteiger charge is -2.46. The smallest absolute Gasteiger partial charge is 0.0543 e. The van der Waals surface area contributed by atoms with E-state index in [9.17, 15) is 0 Å². The quantitative estimate of drug-likeness (QED) is 0.147. The van der Waals surface area contributed by atoms with Crippen molar-refractivity contribution >= 4 is 163 Å². The molecule has 20 aromatic rings. The third-order valence-electron chi connectivity index (χ3n) is 24.0. The van der Waals surface area contributed by atoms with Gasteiger partial charge in [-0.05, 0) is 224 Å². The Morgan fingerprint density at radius 3 is 0.686 bits per heavy atom. The molecule has 0 bridgehead atoms. The number of anilines is 6. The van der Waals surface area contributed by atoms with Gasteiger partial charge in [-0.2, -0.15) is 0 Å². The van der Waals surface area contributed by atoms with Gasteiger partial charge in [0, 0.05) is 44.4 Å². The van der Waals surface area contributed by atoms with Crippen molar-refractivity contribution in [3.8, 4) is 22.3 Å². The van der Waals surface area contributed by atoms with E-state index in [1.807, 2.05) is 0 Å². The maximum absolute atomic E-state index is 2.65. The van der Waals surface area contributed by atoms with Crippen molar-refractivity contribution in [2.24, 2.45) is 0 Å². The van der Waals surface area contributed by atoms with E-state index < -0.39 is 10.8 Å². The molecule has 0 aromatic heterocycles. The molecule has 474 valence electrons. The van der Waals surface area contributed by atoms with Crippen LogP contribution in [0.2, 0.25) is 0 Å². The summed E-state index contributed by atoms with van der Waals surface area (Å²) in [7, 11) is 0. The molecule has 0 N–H and O–H groups in total. The Balaban J connectivity index is 0.856. The maximum atomic E-state index is 2.65. The van der Waals surface area contributed by atoms with Crippen LogP contribution in [0.3, 0.4) is 0 Å². The first-order valence-corrected chi connectivity index (χ1v) is 35.8. The molecule has 2 atom stereocenters. The van der Waals surface area contributed by atoms with Crippen molar-refractivity contribution in [2.75, 3.05) is 9.80 Å². The van der Waals surface area contributed by atoms with E-state index in [-0.39, 0.29) is 0 Å². The molecule has 2 unspecified atom stereocenters. The molecule has 102 heavy (non-hydrogen) atoms. The van der Waals surface area contributed by atoms with Gasteiger partial charge in [-0.1, -0.05) is 305 Å². The number of hydrogen-bond acceptors (Lipinski definition) is 2. The maximum Gasteiger partial charge on any atom is 0.0543 e. The Morgan fingerprint density at radius 1 is 0.167 bits per heavy atom. The summed E-state index contributed by atoms with van der Waals surface area (Å²) >= 11 is 0. The second kappa shape index (κ2) is 21.3. The van der Waals surface area contributed by atoms with E-state index in [1.54, 1.807) is 0 Å². The fraction of sp³-hybridized carbons (Fsp3) is 0.0400. The van der Waals surface area contributed by atoms with E-state index in [1.165, 1.54) is 174 Å². The highest BCUT2D eigenvalue weighted by Gasteiger charge is 2.59. The largest absolute Gasteiger partial charge is 0.310 e. The van der Waals surface area contributed by atoms with Crippen molar-refractivity contribution in [2.45, 2.75) is 24.7 Å². The Bertz CT molecular complexity index is 6420. The second-order valence-corrected chi connectivity index (χ2v) is 28.8. The van der Waals surface area contributed by atoms with Crippen LogP contribution in [-0.2, 0) is 10.8 Å². The lowest BCUT2D eigenvalue weighted by atomic mass is 9.56. The summed E-state index contributed by atoms with van der Waals surface area (Å²) in [5.74, 6) is 0. The summed E-state index contributed by atoms with van der Waals surface area (Å²) in [6, 6.07) is 134. The summed E-state index contributed by atoms with van der Waals surface area (Å²) in [6.45, 7) is 5.25. The standard InChI is InChI=1S/C100H64N2/c1-99(89-53-43-65-23-7-13-29-83(65)95(89)97-87-33-17-15-31-85(87)93(59-91(97)99)101(71-45-49-79-67(55-71)39-35-61-19-3-9-25-75(61)79)72-46-50-80-68(56-72)40-36-62-20-4-10-26-76(62)80)100(2)90-54-44-66-24-8-14-30-84(66)96(90)98-88-34-18-16-32-86(88)94(60-92(98)100)102(73-47-51-81-69(57-73)41-37-63-21-5-11-27-77(63)81)74-48-52-82-70(58-74)42-38-64-22-6-12-28-78(64)82/h3-60H,1-2H3. The summed E-state index contributed by atoms with van der Waals surface area (Å²) in [5, 5.41) is 29.5. The van der Waals surface area contributed by atoms with Gasteiger partial charge >= 0.3 is 0 Å². The average molecular weight is 1290 g/mol. The zero-order valence-corrected chi connectivity index (χ0v) is 56.4. The summed E-state index contributed by atoms with van der Waals surface area (Å²) in [5.41, 5.74) is 15.6. The molecule has 0 saturated heterocycles. The van der Waals surface area contributed by atoms with Crippen LogP contribution in [0, 0.1) is 0 Å². The number of rotatable bonds is 7. The number of fused-ring (bicyclic) bond motifs is 26. The van der Waals surface area contributed by atoms with Crippen LogP contribution >= 0.6 is 0 Å². The average Bonchev–Trinajstić information content (AvgIpc) is 1.49. The lowest BCUT2D eigenvalue weighted by molar-refractivity contribution is 0.376. The number of hydrogen-bond donors (Lipinski definition) is 0. The van der Waals surface area contributed by atoms with E-state index in [4.69, 9.17) is 0 Å². The minimum Gasteiger partial charge on any atom is -0.310 e. The van der Waals surface area contributed by atoms with Crippen LogP contribution in [-0.4, -0.2) is 0 Å². The van der Waals surface area contributed by atoms with Gasteiger partial charge in [0.25, 0.3) is 0 Å². The van der Waals surface area contributed by atoms with Crippen LogP contribution in [0.5, 0.6) is 0 Å². The lowest BCUT2D eigenvalue weighted by Crippen LogP contribution is -2.44. The molecule has 0 radical (unpaired) electrons. The van der Waals surface area contributed by atoms with E-state index in [2.05, 4.69) is 375 Å². The minimum atomic E-state index is -0.738. The zero-order chi connectivity index (χ0) is 67.1. The summed E-state index contributed by atoms with van der Waals surface area (Å²) < 4.78 is 0. The van der Waals surface area contributed by atoms with Crippen molar-refractivity contribution < 1.29 is 0 Å². The predicted octanol–water partition coefficient (Wildman–Crippen LogP) is 27.7. The Morgan fingerprint density at radius 2 is 0.382 bits per heavy atom. The monoisotopic (exact) mass is 1290 g/mol. The highest BCUT2D eigenvalue weighted by atomic mass is 15.2. The molecule has 0 heterocycles. The molecule has 22 rings (SSSR count). The van der Waals surface area contributed by atoms with E-state index >= 15 is 0 Å². The molecule has 0 aliphatic heterocycles. The molecule has 2 aliphatic rings. The summed E-state index contributed by atoms with van der Waals surface area (Å²) in [4.78, 5) is 5.17. The van der Waals surface area contributed by atoms with Crippen LogP contribution < -0.4 is 9.80 Å². The fourth-order valence-corrected chi connectivity index (χ4v) is 19.1. The minimum absolute atomic E-state index is 0.738. The molecule has 2 nitrogen and oxygen atoms in total. The van der Waals surface area contributed by atoms with Gasteiger partial charge in [0.1, 0.15) is 0 Å². The summed E-state index contributed by atoms with van der Waals surface area (Å²) in [6.07, 6.45) is 0. The molecule has 0 amide bonds. The number of nitrogens with zero attached hydrogens (tertiary/aromatic N) is 2. The molecular formula is C100H64N2. The van der Waals surface area contributed by atoms with Crippen molar-refractivity contribution in [1.29, 1.82) is 0 Å². The fourth-order valence-electron chi connectivity index (χ4n) is 19.1. The van der Waals surface area contributed by atoms with Gasteiger partial charge in [-0.3, -0.25) is 0 Å². The van der Waals surface area contributed by atoms with Gasteiger partial charge in [0.2, 0.25) is 0 Å². The molecule has 0 fully saturated rings. The molecule has 0 spiro atoms. The van der Waals surface area contributed by atoms with Gasteiger partial charge in [-0.25, -0.2) is 0 Å². The van der Waals surface area contributed by atoms with Crippen LogP contribution in [0.25, 0.3) is 152 Å². The van der Waals surface area contributed by atoms with Crippen molar-refractivity contribution in [3.05, 3.63) is 374 Å². The van der Waals surface area contributed by atoms with Crippen molar-refractivity contribution in [1.82, 2.24) is 0 Å². The molecule has 2 aliphatic carbocycles. The highest BCUT2D eigenvalue weighted by Crippen LogP contribution is 2.69. The molecule has 0 saturated carbocycles. The van der Waals surface area contributed by atoms with Crippen LogP contribution in [0.1, 0.15) is 36.1 Å². The third kappa shape index (κ3) is 7.89. The molecular weight excluding hydrogens is 1230 g/mol. The van der Waals surface area contributed by atoms with Gasteiger partial charge in [0.15, 0.2) is 0 Å². The van der Waals surface area contributed by atoms with Crippen LogP contribution in [0.4, 0.5) is 34.1 Å². The van der Waals surface area contributed by atoms with E-state index in [0.717, 1.165) is 34.1 Å².